The van der Waals surface area contributed by atoms with E-state index in [9.17, 15) is 9.59 Å². The van der Waals surface area contributed by atoms with Crippen molar-refractivity contribution in [2.75, 3.05) is 5.75 Å². The van der Waals surface area contributed by atoms with Gasteiger partial charge in [-0.05, 0) is 0 Å². The number of fused-ring (bicyclic) bond motifs is 1. The first-order valence-electron chi connectivity index (χ1n) is 3.54. The first-order chi connectivity index (χ1) is 6.29. The first kappa shape index (κ1) is 8.18. The maximum Gasteiger partial charge on any atom is 0.258 e. The minimum absolute atomic E-state index is 0.179. The van der Waals surface area contributed by atoms with Crippen molar-refractivity contribution in [1.29, 1.82) is 0 Å². The van der Waals surface area contributed by atoms with Crippen LogP contribution in [0, 0.1) is 0 Å². The molecule has 0 spiro atoms. The van der Waals surface area contributed by atoms with Crippen molar-refractivity contribution in [3.05, 3.63) is 11.1 Å². The van der Waals surface area contributed by atoms with Crippen molar-refractivity contribution in [1.82, 2.24) is 5.32 Å². The van der Waals surface area contributed by atoms with E-state index in [-0.39, 0.29) is 11.7 Å². The highest BCUT2D eigenvalue weighted by Crippen LogP contribution is 2.22. The zero-order valence-electron chi connectivity index (χ0n) is 6.48. The zero-order valence-corrected chi connectivity index (χ0v) is 7.30. The molecule has 0 bridgehead atoms. The Morgan fingerprint density at radius 3 is 3.23 bits per heavy atom. The molecule has 0 unspecified atom stereocenters. The summed E-state index contributed by atoms with van der Waals surface area (Å²) in [6.45, 7) is 0. The lowest BCUT2D eigenvalue weighted by molar-refractivity contribution is -0.115. The molecule has 0 aromatic carbocycles. The van der Waals surface area contributed by atoms with Crippen LogP contribution in [-0.4, -0.2) is 29.6 Å². The van der Waals surface area contributed by atoms with Crippen LogP contribution in [0.3, 0.4) is 0 Å². The lowest BCUT2D eigenvalue weighted by Gasteiger charge is -2.17. The van der Waals surface area contributed by atoms with Gasteiger partial charge in [-0.25, -0.2) is 4.99 Å². The Bertz CT molecular complexity index is 370. The number of nitrogens with zero attached hydrogens (tertiary/aromatic N) is 2. The fourth-order valence-electron chi connectivity index (χ4n) is 0.950. The van der Waals surface area contributed by atoms with E-state index in [4.69, 9.17) is 0 Å². The number of aliphatic imine (C=N–C) groups is 2. The SMILES string of the molecule is O=CC1=NC=C2SCC(=O)N=C2N1. The topological polar surface area (TPSA) is 70.9 Å². The second-order valence-electron chi connectivity index (χ2n) is 2.39. The van der Waals surface area contributed by atoms with Crippen molar-refractivity contribution >= 4 is 35.6 Å². The third-order valence-electron chi connectivity index (χ3n) is 1.50. The summed E-state index contributed by atoms with van der Waals surface area (Å²) in [7, 11) is 0. The molecule has 2 heterocycles. The molecule has 6 heteroatoms. The molecule has 0 saturated heterocycles. The van der Waals surface area contributed by atoms with E-state index in [0.717, 1.165) is 4.91 Å². The van der Waals surface area contributed by atoms with Crippen LogP contribution in [0.2, 0.25) is 0 Å². The van der Waals surface area contributed by atoms with Crippen LogP contribution >= 0.6 is 11.8 Å². The molecule has 2 aliphatic rings. The van der Waals surface area contributed by atoms with Gasteiger partial charge in [-0.3, -0.25) is 9.59 Å². The molecule has 0 atom stereocenters. The van der Waals surface area contributed by atoms with Crippen molar-refractivity contribution in [3.8, 4) is 0 Å². The summed E-state index contributed by atoms with van der Waals surface area (Å²) in [5, 5.41) is 2.66. The van der Waals surface area contributed by atoms with Gasteiger partial charge < -0.3 is 5.32 Å². The lowest BCUT2D eigenvalue weighted by atomic mass is 10.4. The number of carbonyl (C=O) groups excluding carboxylic acids is 2. The molecule has 13 heavy (non-hydrogen) atoms. The fraction of sp³-hybridized carbons (Fsp3) is 0.143. The van der Waals surface area contributed by atoms with E-state index < -0.39 is 0 Å². The van der Waals surface area contributed by atoms with Crippen molar-refractivity contribution in [3.63, 3.8) is 0 Å². The van der Waals surface area contributed by atoms with Gasteiger partial charge in [-0.15, -0.1) is 11.8 Å². The Balaban J connectivity index is 2.35. The van der Waals surface area contributed by atoms with E-state index in [1.807, 2.05) is 0 Å². The van der Waals surface area contributed by atoms with Crippen LogP contribution < -0.4 is 5.32 Å². The first-order valence-corrected chi connectivity index (χ1v) is 4.53. The maximum absolute atomic E-state index is 10.9. The fourth-order valence-corrected chi connectivity index (χ4v) is 1.65. The molecule has 2 rings (SSSR count). The van der Waals surface area contributed by atoms with E-state index >= 15 is 0 Å². The highest BCUT2D eigenvalue weighted by atomic mass is 32.2. The number of carbonyl (C=O) groups is 2. The Hall–Kier alpha value is -1.43. The van der Waals surface area contributed by atoms with Gasteiger partial charge in [0.2, 0.25) is 0 Å². The average Bonchev–Trinajstić information content (AvgIpc) is 2.16. The van der Waals surface area contributed by atoms with E-state index in [2.05, 4.69) is 15.3 Å². The van der Waals surface area contributed by atoms with Crippen molar-refractivity contribution < 1.29 is 9.59 Å². The molecule has 5 nitrogen and oxygen atoms in total. The van der Waals surface area contributed by atoms with Crippen LogP contribution in [0.25, 0.3) is 0 Å². The molecule has 1 amide bonds. The maximum atomic E-state index is 10.9. The molecule has 2 aliphatic heterocycles. The van der Waals surface area contributed by atoms with E-state index in [1.54, 1.807) is 0 Å². The Morgan fingerprint density at radius 1 is 1.62 bits per heavy atom. The molecule has 0 aromatic heterocycles. The number of amides is 1. The second-order valence-corrected chi connectivity index (χ2v) is 3.41. The third kappa shape index (κ3) is 1.52. The third-order valence-corrected chi connectivity index (χ3v) is 2.50. The molecule has 0 radical (unpaired) electrons. The number of thioether (sulfide) groups is 1. The molecule has 0 fully saturated rings. The predicted octanol–water partition coefficient (Wildman–Crippen LogP) is -0.300. The van der Waals surface area contributed by atoms with Crippen LogP contribution in [0.5, 0.6) is 0 Å². The molecular formula is C7H5N3O2S. The minimum atomic E-state index is -0.197. The predicted molar refractivity (Wildman–Crippen MR) is 49.6 cm³/mol. The summed E-state index contributed by atoms with van der Waals surface area (Å²) in [4.78, 5) is 29.6. The van der Waals surface area contributed by atoms with Gasteiger partial charge in [-0.1, -0.05) is 0 Å². The minimum Gasteiger partial charge on any atom is -0.321 e. The Kier molecular flexibility index (Phi) is 1.97. The summed E-state index contributed by atoms with van der Waals surface area (Å²) in [5.41, 5.74) is 0. The molecule has 0 aromatic rings. The monoisotopic (exact) mass is 195 g/mol. The van der Waals surface area contributed by atoms with Gasteiger partial charge in [0.05, 0.1) is 10.7 Å². The average molecular weight is 195 g/mol. The summed E-state index contributed by atoms with van der Waals surface area (Å²) in [6.07, 6.45) is 2.12. The van der Waals surface area contributed by atoms with Gasteiger partial charge in [0.1, 0.15) is 0 Å². The number of amidine groups is 2. The van der Waals surface area contributed by atoms with Crippen LogP contribution in [0.15, 0.2) is 21.1 Å². The van der Waals surface area contributed by atoms with Gasteiger partial charge in [0, 0.05) is 6.20 Å². The van der Waals surface area contributed by atoms with Gasteiger partial charge in [0.25, 0.3) is 5.91 Å². The summed E-state index contributed by atoms with van der Waals surface area (Å²) in [5.74, 6) is 0.746. The number of hydrogen-bond donors (Lipinski definition) is 1. The molecule has 66 valence electrons. The normalized spacial score (nSPS) is 20.6. The molecule has 0 aliphatic carbocycles. The standard InChI is InChI=1S/C7H5N3O2S/c11-2-5-8-1-4-7(9-5)10-6(12)3-13-4/h1-2H,3H2,(H,8,9,10,12). The summed E-state index contributed by atoms with van der Waals surface area (Å²) >= 11 is 1.36. The van der Waals surface area contributed by atoms with Crippen LogP contribution in [0.1, 0.15) is 0 Å². The number of aldehydes is 1. The summed E-state index contributed by atoms with van der Waals surface area (Å²) < 4.78 is 0. The highest BCUT2D eigenvalue weighted by Gasteiger charge is 2.21. The van der Waals surface area contributed by atoms with Crippen LogP contribution in [-0.2, 0) is 9.59 Å². The van der Waals surface area contributed by atoms with Crippen molar-refractivity contribution in [2.45, 2.75) is 0 Å². The van der Waals surface area contributed by atoms with E-state index in [0.29, 0.717) is 17.9 Å². The molecule has 1 N–H and O–H groups in total. The van der Waals surface area contributed by atoms with Crippen LogP contribution in [0.4, 0.5) is 0 Å². The highest BCUT2D eigenvalue weighted by molar-refractivity contribution is 8.04. The van der Waals surface area contributed by atoms with Gasteiger partial charge in [0.15, 0.2) is 18.0 Å². The largest absolute Gasteiger partial charge is 0.321 e. The van der Waals surface area contributed by atoms with Crippen molar-refractivity contribution in [2.24, 2.45) is 9.98 Å². The Labute approximate surface area is 78.0 Å². The zero-order chi connectivity index (χ0) is 9.26. The van der Waals surface area contributed by atoms with E-state index in [1.165, 1.54) is 18.0 Å². The lowest BCUT2D eigenvalue weighted by Crippen LogP contribution is -2.36. The number of rotatable bonds is 1. The second kappa shape index (κ2) is 3.14. The van der Waals surface area contributed by atoms with Gasteiger partial charge in [-0.2, -0.15) is 4.99 Å². The molecule has 0 saturated carbocycles. The number of nitrogens with one attached hydrogen (secondary N) is 1. The summed E-state index contributed by atoms with van der Waals surface area (Å²) in [6, 6.07) is 0. The quantitative estimate of drug-likeness (QED) is 0.583. The smallest absolute Gasteiger partial charge is 0.258 e. The molecular weight excluding hydrogens is 190 g/mol. The van der Waals surface area contributed by atoms with Gasteiger partial charge >= 0.3 is 0 Å². The number of hydrogen-bond acceptors (Lipinski definition) is 5. The Morgan fingerprint density at radius 2 is 2.46 bits per heavy atom.